The summed E-state index contributed by atoms with van der Waals surface area (Å²) in [6, 6.07) is 4.42. The van der Waals surface area contributed by atoms with E-state index in [1.807, 2.05) is 0 Å². The van der Waals surface area contributed by atoms with Crippen LogP contribution in [0.25, 0.3) is 0 Å². The Labute approximate surface area is 127 Å². The Morgan fingerprint density at radius 3 is 2.90 bits per heavy atom. The quantitative estimate of drug-likeness (QED) is 0.711. The summed E-state index contributed by atoms with van der Waals surface area (Å²) < 4.78 is 7.24. The molecule has 0 spiro atoms. The summed E-state index contributed by atoms with van der Waals surface area (Å²) in [5, 5.41) is 3.44. The van der Waals surface area contributed by atoms with Crippen LogP contribution in [0.2, 0.25) is 0 Å². The van der Waals surface area contributed by atoms with Crippen molar-refractivity contribution in [3.63, 3.8) is 0 Å². The molecule has 0 bridgehead atoms. The number of fused-ring (bicyclic) bond motifs is 1. The van der Waals surface area contributed by atoms with E-state index < -0.39 is 0 Å². The second-order valence-electron chi connectivity index (χ2n) is 6.00. The molecule has 0 aliphatic carbocycles. The van der Waals surface area contributed by atoms with Gasteiger partial charge in [-0.3, -0.25) is 10.1 Å². The van der Waals surface area contributed by atoms with Crippen LogP contribution < -0.4 is 5.32 Å². The Kier molecular flexibility index (Phi) is 6.46. The topological polar surface area (TPSA) is 43.3 Å². The van der Waals surface area contributed by atoms with E-state index in [1.54, 1.807) is 7.11 Å². The first-order valence-electron chi connectivity index (χ1n) is 8.15. The van der Waals surface area contributed by atoms with Crippen molar-refractivity contribution in [3.8, 4) is 0 Å². The molecule has 1 aromatic heterocycles. The number of unbranched alkanes of at least 4 members (excludes halogenated alkanes) is 4. The van der Waals surface area contributed by atoms with Gasteiger partial charge in [0.05, 0.1) is 6.04 Å². The van der Waals surface area contributed by atoms with Gasteiger partial charge in [0.2, 0.25) is 0 Å². The number of ether oxygens (including phenoxy) is 1. The Morgan fingerprint density at radius 2 is 2.10 bits per heavy atom. The van der Waals surface area contributed by atoms with Gasteiger partial charge < -0.3 is 9.30 Å². The highest BCUT2D eigenvalue weighted by molar-refractivity contribution is 5.84. The van der Waals surface area contributed by atoms with Crippen molar-refractivity contribution in [2.24, 2.45) is 0 Å². The van der Waals surface area contributed by atoms with Crippen LogP contribution in [0, 0.1) is 0 Å². The van der Waals surface area contributed by atoms with Crippen molar-refractivity contribution < 1.29 is 9.53 Å². The van der Waals surface area contributed by atoms with Gasteiger partial charge in [-0.2, -0.15) is 0 Å². The number of carbonyl (C=O) groups is 1. The van der Waals surface area contributed by atoms with Crippen molar-refractivity contribution >= 4 is 5.78 Å². The van der Waals surface area contributed by atoms with Gasteiger partial charge in [-0.05, 0) is 31.9 Å². The molecule has 0 amide bonds. The number of rotatable bonds is 9. The average Bonchev–Trinajstić information content (AvgIpc) is 2.95. The lowest BCUT2D eigenvalue weighted by atomic mass is 10.0. The number of methoxy groups -OCH3 is 1. The van der Waals surface area contributed by atoms with Gasteiger partial charge >= 0.3 is 0 Å². The predicted octanol–water partition coefficient (Wildman–Crippen LogP) is 3.08. The normalized spacial score (nSPS) is 21.2. The molecule has 118 valence electrons. The average molecular weight is 292 g/mol. The molecule has 4 nitrogen and oxygen atoms in total. The lowest BCUT2D eigenvalue weighted by Crippen LogP contribution is -2.46. The molecule has 2 atom stereocenters. The van der Waals surface area contributed by atoms with Crippen LogP contribution in [0.1, 0.15) is 57.2 Å². The molecule has 1 aromatic rings. The monoisotopic (exact) mass is 292 g/mol. The Morgan fingerprint density at radius 1 is 1.33 bits per heavy atom. The molecule has 4 heteroatoms. The van der Waals surface area contributed by atoms with Crippen LogP contribution in [-0.4, -0.2) is 30.1 Å². The molecule has 1 aliphatic heterocycles. The summed E-state index contributed by atoms with van der Waals surface area (Å²) in [6.07, 6.45) is 8.46. The molecular weight excluding hydrogens is 264 g/mol. The summed E-state index contributed by atoms with van der Waals surface area (Å²) in [6.45, 7) is 3.75. The van der Waals surface area contributed by atoms with Crippen LogP contribution in [0.5, 0.6) is 0 Å². The Balaban J connectivity index is 1.66. The number of aromatic nitrogens is 1. The fraction of sp³-hybridized carbons (Fsp3) is 0.706. The summed E-state index contributed by atoms with van der Waals surface area (Å²) >= 11 is 0. The number of hydrogen-bond acceptors (Lipinski definition) is 3. The molecule has 0 fully saturated rings. The fourth-order valence-corrected chi connectivity index (χ4v) is 3.07. The lowest BCUT2D eigenvalue weighted by Gasteiger charge is -2.30. The summed E-state index contributed by atoms with van der Waals surface area (Å²) in [5.41, 5.74) is 1.28. The largest absolute Gasteiger partial charge is 0.385 e. The maximum Gasteiger partial charge on any atom is 0.151 e. The highest BCUT2D eigenvalue weighted by Gasteiger charge is 2.26. The maximum atomic E-state index is 12.3. The van der Waals surface area contributed by atoms with E-state index in [-0.39, 0.29) is 12.1 Å². The van der Waals surface area contributed by atoms with Crippen LogP contribution in [0.3, 0.4) is 0 Å². The molecule has 2 rings (SSSR count). The first-order chi connectivity index (χ1) is 10.2. The van der Waals surface area contributed by atoms with Crippen LogP contribution in [0.4, 0.5) is 0 Å². The van der Waals surface area contributed by atoms with Crippen molar-refractivity contribution in [1.82, 2.24) is 9.88 Å². The molecule has 21 heavy (non-hydrogen) atoms. The van der Waals surface area contributed by atoms with Gasteiger partial charge in [0.15, 0.2) is 5.78 Å². The molecular formula is C17H28N2O2. The Hall–Kier alpha value is -1.13. The van der Waals surface area contributed by atoms with E-state index in [1.165, 1.54) is 18.5 Å². The van der Waals surface area contributed by atoms with Crippen LogP contribution in [0.15, 0.2) is 18.3 Å². The van der Waals surface area contributed by atoms with E-state index in [9.17, 15) is 4.79 Å². The number of carbonyl (C=O) groups excluding carboxylic acids is 1. The van der Waals surface area contributed by atoms with Crippen molar-refractivity contribution in [1.29, 1.82) is 0 Å². The van der Waals surface area contributed by atoms with Gasteiger partial charge in [-0.25, -0.2) is 0 Å². The first kappa shape index (κ1) is 16.2. The number of Topliss-reactive ketones (excluding diaryl/α,β-unsaturated/α-hetero) is 1. The van der Waals surface area contributed by atoms with Gasteiger partial charge in [-0.1, -0.05) is 19.3 Å². The van der Waals surface area contributed by atoms with Gasteiger partial charge in [0.1, 0.15) is 0 Å². The zero-order valence-electron chi connectivity index (χ0n) is 13.3. The molecule has 0 radical (unpaired) electrons. The highest BCUT2D eigenvalue weighted by atomic mass is 16.5. The van der Waals surface area contributed by atoms with E-state index in [0.717, 1.165) is 32.4 Å². The van der Waals surface area contributed by atoms with Crippen LogP contribution in [-0.2, 0) is 16.1 Å². The minimum absolute atomic E-state index is 0.0200. The van der Waals surface area contributed by atoms with Gasteiger partial charge in [-0.15, -0.1) is 0 Å². The summed E-state index contributed by atoms with van der Waals surface area (Å²) in [5.74, 6) is 0.359. The smallest absolute Gasteiger partial charge is 0.151 e. The molecule has 2 heterocycles. The number of hydrogen-bond donors (Lipinski definition) is 1. The van der Waals surface area contributed by atoms with Crippen molar-refractivity contribution in [2.45, 2.75) is 64.1 Å². The van der Waals surface area contributed by atoms with Crippen molar-refractivity contribution in [2.75, 3.05) is 13.7 Å². The molecule has 0 saturated carbocycles. The maximum absolute atomic E-state index is 12.3. The predicted molar refractivity (Wildman–Crippen MR) is 84.4 cm³/mol. The third kappa shape index (κ3) is 4.68. The third-order valence-corrected chi connectivity index (χ3v) is 4.30. The lowest BCUT2D eigenvalue weighted by molar-refractivity contribution is -0.122. The Bertz CT molecular complexity index is 442. The summed E-state index contributed by atoms with van der Waals surface area (Å²) in [4.78, 5) is 12.3. The second-order valence-corrected chi connectivity index (χ2v) is 6.00. The van der Waals surface area contributed by atoms with E-state index in [4.69, 9.17) is 4.74 Å². The highest BCUT2D eigenvalue weighted by Crippen LogP contribution is 2.21. The molecule has 1 aliphatic rings. The van der Waals surface area contributed by atoms with E-state index in [2.05, 4.69) is 35.1 Å². The number of nitrogens with one attached hydrogen (secondary N) is 1. The zero-order valence-corrected chi connectivity index (χ0v) is 13.3. The number of ketones is 1. The van der Waals surface area contributed by atoms with Crippen molar-refractivity contribution in [3.05, 3.63) is 24.0 Å². The third-order valence-electron chi connectivity index (χ3n) is 4.30. The molecule has 0 saturated heterocycles. The molecule has 2 unspecified atom stereocenters. The second kappa shape index (κ2) is 8.35. The summed E-state index contributed by atoms with van der Waals surface area (Å²) in [7, 11) is 1.74. The van der Waals surface area contributed by atoms with Gasteiger partial charge in [0.25, 0.3) is 0 Å². The van der Waals surface area contributed by atoms with Gasteiger partial charge in [0, 0.05) is 44.6 Å². The SMILES string of the molecule is COCCCCCCCC(=O)C1Cn2cccc2C(C)N1. The van der Waals surface area contributed by atoms with E-state index in [0.29, 0.717) is 12.2 Å². The minimum atomic E-state index is -0.0200. The standard InChI is InChI=1S/C17H28N2O2/c1-14-16-9-8-11-19(16)13-15(18-14)17(20)10-6-4-3-5-7-12-21-2/h8-9,11,14-15,18H,3-7,10,12-13H2,1-2H3. The number of nitrogens with zero attached hydrogens (tertiary/aromatic N) is 1. The zero-order chi connectivity index (χ0) is 15.1. The van der Waals surface area contributed by atoms with Crippen LogP contribution >= 0.6 is 0 Å². The minimum Gasteiger partial charge on any atom is -0.385 e. The van der Waals surface area contributed by atoms with E-state index >= 15 is 0 Å². The molecule has 0 aromatic carbocycles. The fourth-order valence-electron chi connectivity index (χ4n) is 3.07. The first-order valence-corrected chi connectivity index (χ1v) is 8.15. The molecule has 1 N–H and O–H groups in total.